The predicted molar refractivity (Wildman–Crippen MR) is 101 cm³/mol. The van der Waals surface area contributed by atoms with Crippen molar-refractivity contribution in [1.29, 1.82) is 0 Å². The van der Waals surface area contributed by atoms with E-state index in [0.717, 1.165) is 6.42 Å². The lowest BCUT2D eigenvalue weighted by molar-refractivity contribution is -0.121. The Morgan fingerprint density at radius 3 is 2.92 bits per heavy atom. The Labute approximate surface area is 155 Å². The maximum atomic E-state index is 12.5. The molecule has 3 rings (SSSR count). The summed E-state index contributed by atoms with van der Waals surface area (Å²) in [6.07, 6.45) is 1.13. The quantitative estimate of drug-likeness (QED) is 0.777. The molecular weight excluding hydrogens is 356 g/mol. The molecule has 3 heterocycles. The fourth-order valence-electron chi connectivity index (χ4n) is 2.77. The van der Waals surface area contributed by atoms with Gasteiger partial charge in [-0.1, -0.05) is 19.9 Å². The summed E-state index contributed by atoms with van der Waals surface area (Å²) < 4.78 is 0. The lowest BCUT2D eigenvalue weighted by Crippen LogP contribution is -2.30. The maximum absolute atomic E-state index is 12.5. The van der Waals surface area contributed by atoms with Gasteiger partial charge in [0.2, 0.25) is 5.91 Å². The van der Waals surface area contributed by atoms with Gasteiger partial charge in [0.25, 0.3) is 0 Å². The number of thiazole rings is 1. The second-order valence-electron chi connectivity index (χ2n) is 6.45. The molecule has 1 aliphatic rings. The molecule has 0 bridgehead atoms. The van der Waals surface area contributed by atoms with Crippen molar-refractivity contribution in [3.05, 3.63) is 33.5 Å². The van der Waals surface area contributed by atoms with Crippen molar-refractivity contribution < 1.29 is 9.59 Å². The summed E-state index contributed by atoms with van der Waals surface area (Å²) >= 11 is 3.06. The number of nitrogens with one attached hydrogen (secondary N) is 2. The van der Waals surface area contributed by atoms with E-state index in [-0.39, 0.29) is 24.4 Å². The summed E-state index contributed by atoms with van der Waals surface area (Å²) in [5.74, 6) is 0.453. The monoisotopic (exact) mass is 378 g/mol. The molecule has 25 heavy (non-hydrogen) atoms. The van der Waals surface area contributed by atoms with Crippen LogP contribution in [0.5, 0.6) is 0 Å². The van der Waals surface area contributed by atoms with Gasteiger partial charge in [-0.05, 0) is 23.8 Å². The van der Waals surface area contributed by atoms with Crippen molar-refractivity contribution in [2.75, 3.05) is 18.0 Å². The minimum absolute atomic E-state index is 0.0370. The third kappa shape index (κ3) is 4.58. The van der Waals surface area contributed by atoms with Crippen LogP contribution in [0.25, 0.3) is 0 Å². The fraction of sp³-hybridized carbons (Fsp3) is 0.471. The van der Waals surface area contributed by atoms with Gasteiger partial charge in [0.15, 0.2) is 5.13 Å². The third-order valence-corrected chi connectivity index (χ3v) is 5.80. The van der Waals surface area contributed by atoms with Crippen LogP contribution in [0.3, 0.4) is 0 Å². The first-order valence-electron chi connectivity index (χ1n) is 8.35. The Morgan fingerprint density at radius 2 is 2.28 bits per heavy atom. The molecule has 2 N–H and O–H groups in total. The molecule has 0 radical (unpaired) electrons. The zero-order valence-corrected chi connectivity index (χ0v) is 16.0. The van der Waals surface area contributed by atoms with Gasteiger partial charge in [-0.2, -0.15) is 0 Å². The number of carbonyl (C=O) groups is 2. The molecule has 8 heteroatoms. The molecule has 1 atom stereocenters. The number of aromatic nitrogens is 1. The molecule has 2 aromatic heterocycles. The minimum atomic E-state index is -0.125. The second-order valence-corrected chi connectivity index (χ2v) is 8.26. The highest BCUT2D eigenvalue weighted by molar-refractivity contribution is 7.14. The highest BCUT2D eigenvalue weighted by Crippen LogP contribution is 2.26. The topological polar surface area (TPSA) is 74.3 Å². The van der Waals surface area contributed by atoms with Gasteiger partial charge in [-0.15, -0.1) is 22.7 Å². The first-order valence-corrected chi connectivity index (χ1v) is 10.1. The molecule has 3 amide bonds. The first-order chi connectivity index (χ1) is 12.0. The average Bonchev–Trinajstić information content (AvgIpc) is 3.26. The zero-order valence-electron chi connectivity index (χ0n) is 14.3. The van der Waals surface area contributed by atoms with Gasteiger partial charge in [0, 0.05) is 23.3 Å². The number of hydrogen-bond acceptors (Lipinski definition) is 5. The van der Waals surface area contributed by atoms with E-state index in [1.54, 1.807) is 16.2 Å². The van der Waals surface area contributed by atoms with Crippen molar-refractivity contribution in [2.45, 2.75) is 32.7 Å². The number of urea groups is 1. The van der Waals surface area contributed by atoms with Crippen molar-refractivity contribution >= 4 is 39.7 Å². The predicted octanol–water partition coefficient (Wildman–Crippen LogP) is 3.18. The number of amides is 3. The summed E-state index contributed by atoms with van der Waals surface area (Å²) in [6, 6.07) is 3.98. The van der Waals surface area contributed by atoms with Gasteiger partial charge in [-0.25, -0.2) is 9.78 Å². The highest BCUT2D eigenvalue weighted by atomic mass is 32.1. The van der Waals surface area contributed by atoms with Gasteiger partial charge in [0.05, 0.1) is 18.2 Å². The summed E-state index contributed by atoms with van der Waals surface area (Å²) in [6.45, 7) is 5.56. The second kappa shape index (κ2) is 7.97. The molecular formula is C17H22N4O2S2. The van der Waals surface area contributed by atoms with Gasteiger partial charge in [-0.3, -0.25) is 9.69 Å². The molecule has 0 aromatic carbocycles. The number of carbonyl (C=O) groups excluding carboxylic acids is 2. The number of hydrogen-bond donors (Lipinski definition) is 2. The summed E-state index contributed by atoms with van der Waals surface area (Å²) in [7, 11) is 0. The first kappa shape index (κ1) is 17.9. The average molecular weight is 379 g/mol. The Balaban J connectivity index is 1.61. The van der Waals surface area contributed by atoms with E-state index in [1.165, 1.54) is 16.2 Å². The third-order valence-electron chi connectivity index (χ3n) is 3.90. The Kier molecular flexibility index (Phi) is 5.70. The van der Waals surface area contributed by atoms with Crippen LogP contribution in [0, 0.1) is 5.92 Å². The largest absolute Gasteiger partial charge is 0.348 e. The molecule has 0 spiro atoms. The van der Waals surface area contributed by atoms with E-state index in [4.69, 9.17) is 0 Å². The fourth-order valence-corrected chi connectivity index (χ4v) is 4.41. The van der Waals surface area contributed by atoms with E-state index in [9.17, 15) is 9.59 Å². The lowest BCUT2D eigenvalue weighted by Gasteiger charge is -2.19. The Morgan fingerprint density at radius 1 is 1.44 bits per heavy atom. The van der Waals surface area contributed by atoms with Gasteiger partial charge >= 0.3 is 6.03 Å². The highest BCUT2D eigenvalue weighted by Gasteiger charge is 2.24. The van der Waals surface area contributed by atoms with Gasteiger partial charge in [0.1, 0.15) is 0 Å². The van der Waals surface area contributed by atoms with Crippen molar-refractivity contribution in [2.24, 2.45) is 5.92 Å². The summed E-state index contributed by atoms with van der Waals surface area (Å²) in [5.41, 5.74) is 0.701. The van der Waals surface area contributed by atoms with Crippen LogP contribution in [0.15, 0.2) is 22.9 Å². The van der Waals surface area contributed by atoms with E-state index in [0.29, 0.717) is 29.8 Å². The van der Waals surface area contributed by atoms with Crippen LogP contribution in [-0.4, -0.2) is 30.0 Å². The van der Waals surface area contributed by atoms with Crippen LogP contribution in [0.4, 0.5) is 9.93 Å². The number of rotatable bonds is 7. The molecule has 1 fully saturated rings. The van der Waals surface area contributed by atoms with Crippen LogP contribution in [0.1, 0.15) is 36.9 Å². The van der Waals surface area contributed by atoms with Crippen LogP contribution in [-0.2, 0) is 11.2 Å². The zero-order chi connectivity index (χ0) is 17.8. The molecule has 0 aliphatic carbocycles. The Bertz CT molecular complexity index is 727. The van der Waals surface area contributed by atoms with E-state index in [2.05, 4.69) is 35.5 Å². The summed E-state index contributed by atoms with van der Waals surface area (Å²) in [4.78, 5) is 31.4. The summed E-state index contributed by atoms with van der Waals surface area (Å²) in [5, 5.41) is 10.4. The molecule has 2 aromatic rings. The van der Waals surface area contributed by atoms with Crippen LogP contribution in [0.2, 0.25) is 0 Å². The normalized spacial score (nSPS) is 15.5. The molecule has 134 valence electrons. The standard InChI is InChI=1S/C17H22N4O2S2/c1-11(2)8-13(14-4-3-7-24-14)20-15(22)9-12-10-25-17(19-12)21-6-5-18-16(21)23/h3-4,7,10-11,13H,5-6,8-9H2,1-2H3,(H,18,23)(H,20,22). The number of anilines is 1. The molecule has 1 unspecified atom stereocenters. The van der Waals surface area contributed by atoms with E-state index >= 15 is 0 Å². The van der Waals surface area contributed by atoms with Crippen molar-refractivity contribution in [3.8, 4) is 0 Å². The molecule has 1 saturated heterocycles. The molecule has 0 saturated carbocycles. The van der Waals surface area contributed by atoms with Crippen molar-refractivity contribution in [1.82, 2.24) is 15.6 Å². The number of nitrogens with zero attached hydrogens (tertiary/aromatic N) is 2. The van der Waals surface area contributed by atoms with Crippen LogP contribution >= 0.6 is 22.7 Å². The SMILES string of the molecule is CC(C)CC(NC(=O)Cc1csc(N2CCNC2=O)n1)c1cccs1. The molecule has 1 aliphatic heterocycles. The Hall–Kier alpha value is -1.93. The minimum Gasteiger partial charge on any atom is -0.348 e. The molecule has 6 nitrogen and oxygen atoms in total. The van der Waals surface area contributed by atoms with E-state index in [1.807, 2.05) is 16.8 Å². The smallest absolute Gasteiger partial charge is 0.323 e. The van der Waals surface area contributed by atoms with Crippen LogP contribution < -0.4 is 15.5 Å². The van der Waals surface area contributed by atoms with E-state index < -0.39 is 0 Å². The van der Waals surface area contributed by atoms with Crippen molar-refractivity contribution in [3.63, 3.8) is 0 Å². The van der Waals surface area contributed by atoms with Gasteiger partial charge < -0.3 is 10.6 Å². The lowest BCUT2D eigenvalue weighted by atomic mass is 10.0. The maximum Gasteiger partial charge on any atom is 0.323 e. The number of thiophene rings is 1.